The van der Waals surface area contributed by atoms with Crippen molar-refractivity contribution in [3.05, 3.63) is 18.2 Å². The predicted octanol–water partition coefficient (Wildman–Crippen LogP) is 1.48. The molecule has 1 heterocycles. The highest BCUT2D eigenvalue weighted by atomic mass is 15.0. The SMILES string of the molecule is Cn1ccnc1CCC1(CN)CCC1. The van der Waals surface area contributed by atoms with Gasteiger partial charge in [0, 0.05) is 25.9 Å². The standard InChI is InChI=1S/C11H19N3/c1-14-8-7-13-10(14)3-6-11(9-12)4-2-5-11/h7-8H,2-6,9,12H2,1H3. The van der Waals surface area contributed by atoms with Crippen molar-refractivity contribution in [3.8, 4) is 0 Å². The Bertz CT molecular complexity index is 294. The van der Waals surface area contributed by atoms with Crippen LogP contribution in [0.2, 0.25) is 0 Å². The number of nitrogens with two attached hydrogens (primary N) is 1. The Labute approximate surface area is 85.3 Å². The molecule has 0 atom stereocenters. The Balaban J connectivity index is 1.90. The van der Waals surface area contributed by atoms with Crippen molar-refractivity contribution in [3.63, 3.8) is 0 Å². The van der Waals surface area contributed by atoms with Gasteiger partial charge in [0.05, 0.1) is 0 Å². The minimum atomic E-state index is 0.450. The Morgan fingerprint density at radius 1 is 1.57 bits per heavy atom. The van der Waals surface area contributed by atoms with Gasteiger partial charge in [-0.1, -0.05) is 6.42 Å². The summed E-state index contributed by atoms with van der Waals surface area (Å²) >= 11 is 0. The summed E-state index contributed by atoms with van der Waals surface area (Å²) in [5.74, 6) is 1.18. The van der Waals surface area contributed by atoms with Crippen LogP contribution in [0, 0.1) is 5.41 Å². The molecule has 2 N–H and O–H groups in total. The topological polar surface area (TPSA) is 43.8 Å². The average Bonchev–Trinajstić information content (AvgIpc) is 2.51. The molecular formula is C11H19N3. The lowest BCUT2D eigenvalue weighted by Crippen LogP contribution is -2.37. The normalized spacial score (nSPS) is 19.3. The molecule has 3 nitrogen and oxygen atoms in total. The van der Waals surface area contributed by atoms with Crippen LogP contribution in [0.4, 0.5) is 0 Å². The molecule has 1 saturated carbocycles. The molecular weight excluding hydrogens is 174 g/mol. The highest BCUT2D eigenvalue weighted by Crippen LogP contribution is 2.43. The van der Waals surface area contributed by atoms with Gasteiger partial charge < -0.3 is 10.3 Å². The van der Waals surface area contributed by atoms with E-state index in [1.165, 1.54) is 31.5 Å². The summed E-state index contributed by atoms with van der Waals surface area (Å²) in [5, 5.41) is 0. The summed E-state index contributed by atoms with van der Waals surface area (Å²) in [5.41, 5.74) is 6.27. The second kappa shape index (κ2) is 3.73. The number of aromatic nitrogens is 2. The largest absolute Gasteiger partial charge is 0.338 e. The van der Waals surface area contributed by atoms with E-state index in [-0.39, 0.29) is 0 Å². The van der Waals surface area contributed by atoms with Crippen LogP contribution in [0.25, 0.3) is 0 Å². The van der Waals surface area contributed by atoms with Crippen molar-refractivity contribution in [2.24, 2.45) is 18.2 Å². The van der Waals surface area contributed by atoms with E-state index < -0.39 is 0 Å². The Hall–Kier alpha value is -0.830. The summed E-state index contributed by atoms with van der Waals surface area (Å²) in [7, 11) is 2.05. The molecule has 1 aromatic heterocycles. The van der Waals surface area contributed by atoms with Gasteiger partial charge in [-0.05, 0) is 31.2 Å². The van der Waals surface area contributed by atoms with Crippen molar-refractivity contribution in [1.82, 2.24) is 9.55 Å². The Morgan fingerprint density at radius 3 is 2.79 bits per heavy atom. The van der Waals surface area contributed by atoms with E-state index in [1.54, 1.807) is 0 Å². The fourth-order valence-electron chi connectivity index (χ4n) is 2.25. The van der Waals surface area contributed by atoms with E-state index in [9.17, 15) is 0 Å². The first-order valence-electron chi connectivity index (χ1n) is 5.42. The van der Waals surface area contributed by atoms with Crippen LogP contribution < -0.4 is 5.73 Å². The summed E-state index contributed by atoms with van der Waals surface area (Å²) in [6.45, 7) is 0.845. The second-order valence-corrected chi connectivity index (χ2v) is 4.51. The van der Waals surface area contributed by atoms with Gasteiger partial charge in [-0.2, -0.15) is 0 Å². The zero-order chi connectivity index (χ0) is 10.0. The van der Waals surface area contributed by atoms with Gasteiger partial charge >= 0.3 is 0 Å². The maximum Gasteiger partial charge on any atom is 0.108 e. The van der Waals surface area contributed by atoms with Crippen LogP contribution in [-0.2, 0) is 13.5 Å². The maximum absolute atomic E-state index is 5.82. The number of hydrogen-bond donors (Lipinski definition) is 1. The molecule has 0 saturated heterocycles. The maximum atomic E-state index is 5.82. The number of imidazole rings is 1. The number of aryl methyl sites for hydroxylation is 2. The Morgan fingerprint density at radius 2 is 2.36 bits per heavy atom. The zero-order valence-corrected chi connectivity index (χ0v) is 8.87. The molecule has 1 aliphatic carbocycles. The molecule has 1 aliphatic rings. The molecule has 0 radical (unpaired) electrons. The van der Waals surface area contributed by atoms with Gasteiger partial charge in [0.2, 0.25) is 0 Å². The lowest BCUT2D eigenvalue weighted by Gasteiger charge is -2.41. The second-order valence-electron chi connectivity index (χ2n) is 4.51. The molecule has 3 heteroatoms. The lowest BCUT2D eigenvalue weighted by atomic mass is 9.66. The third kappa shape index (κ3) is 1.69. The lowest BCUT2D eigenvalue weighted by molar-refractivity contribution is 0.130. The van der Waals surface area contributed by atoms with Crippen molar-refractivity contribution < 1.29 is 0 Å². The first-order chi connectivity index (χ1) is 6.76. The van der Waals surface area contributed by atoms with E-state index in [1.807, 2.05) is 12.4 Å². The fraction of sp³-hybridized carbons (Fsp3) is 0.727. The molecule has 2 rings (SSSR count). The molecule has 1 fully saturated rings. The summed E-state index contributed by atoms with van der Waals surface area (Å²) < 4.78 is 2.10. The van der Waals surface area contributed by atoms with Crippen LogP contribution in [0.1, 0.15) is 31.5 Å². The van der Waals surface area contributed by atoms with Crippen LogP contribution in [-0.4, -0.2) is 16.1 Å². The minimum absolute atomic E-state index is 0.450. The Kier molecular flexibility index (Phi) is 2.59. The predicted molar refractivity (Wildman–Crippen MR) is 56.9 cm³/mol. The zero-order valence-electron chi connectivity index (χ0n) is 8.87. The highest BCUT2D eigenvalue weighted by Gasteiger charge is 2.35. The van der Waals surface area contributed by atoms with E-state index in [0.29, 0.717) is 5.41 Å². The summed E-state index contributed by atoms with van der Waals surface area (Å²) in [6, 6.07) is 0. The minimum Gasteiger partial charge on any atom is -0.338 e. The molecule has 0 aliphatic heterocycles. The van der Waals surface area contributed by atoms with Crippen molar-refractivity contribution in [2.75, 3.05) is 6.54 Å². The molecule has 14 heavy (non-hydrogen) atoms. The third-order valence-electron chi connectivity index (χ3n) is 3.65. The number of hydrogen-bond acceptors (Lipinski definition) is 2. The summed E-state index contributed by atoms with van der Waals surface area (Å²) in [4.78, 5) is 4.33. The first-order valence-corrected chi connectivity index (χ1v) is 5.42. The molecule has 78 valence electrons. The van der Waals surface area contributed by atoms with Crippen LogP contribution in [0.3, 0.4) is 0 Å². The first kappa shape index (κ1) is 9.71. The van der Waals surface area contributed by atoms with E-state index in [4.69, 9.17) is 5.73 Å². The van der Waals surface area contributed by atoms with Gasteiger partial charge in [0.1, 0.15) is 5.82 Å². The molecule has 0 unspecified atom stereocenters. The van der Waals surface area contributed by atoms with Crippen LogP contribution >= 0.6 is 0 Å². The highest BCUT2D eigenvalue weighted by molar-refractivity contribution is 4.96. The smallest absolute Gasteiger partial charge is 0.108 e. The van der Waals surface area contributed by atoms with Crippen LogP contribution in [0.15, 0.2) is 12.4 Å². The monoisotopic (exact) mass is 193 g/mol. The van der Waals surface area contributed by atoms with E-state index in [2.05, 4.69) is 16.6 Å². The van der Waals surface area contributed by atoms with Crippen LogP contribution in [0.5, 0.6) is 0 Å². The molecule has 1 aromatic rings. The van der Waals surface area contributed by atoms with Gasteiger partial charge in [0.15, 0.2) is 0 Å². The van der Waals surface area contributed by atoms with Gasteiger partial charge in [-0.3, -0.25) is 0 Å². The van der Waals surface area contributed by atoms with E-state index >= 15 is 0 Å². The molecule has 0 spiro atoms. The van der Waals surface area contributed by atoms with Gasteiger partial charge in [0.25, 0.3) is 0 Å². The fourth-order valence-corrected chi connectivity index (χ4v) is 2.25. The molecule has 0 aromatic carbocycles. The van der Waals surface area contributed by atoms with Gasteiger partial charge in [-0.15, -0.1) is 0 Å². The van der Waals surface area contributed by atoms with Crippen molar-refractivity contribution in [1.29, 1.82) is 0 Å². The quantitative estimate of drug-likeness (QED) is 0.787. The third-order valence-corrected chi connectivity index (χ3v) is 3.65. The molecule has 0 amide bonds. The molecule has 0 bridgehead atoms. The van der Waals surface area contributed by atoms with Gasteiger partial charge in [-0.25, -0.2) is 4.98 Å². The van der Waals surface area contributed by atoms with Crippen molar-refractivity contribution in [2.45, 2.75) is 32.1 Å². The van der Waals surface area contributed by atoms with Crippen molar-refractivity contribution >= 4 is 0 Å². The summed E-state index contributed by atoms with van der Waals surface area (Å²) in [6.07, 6.45) is 10.1. The van der Waals surface area contributed by atoms with E-state index in [0.717, 1.165) is 13.0 Å². The average molecular weight is 193 g/mol. The number of rotatable bonds is 4. The number of nitrogens with zero attached hydrogens (tertiary/aromatic N) is 2.